The van der Waals surface area contributed by atoms with E-state index in [1.807, 2.05) is 6.92 Å². The van der Waals surface area contributed by atoms with Gasteiger partial charge in [-0.1, -0.05) is 6.92 Å². The van der Waals surface area contributed by atoms with Crippen LogP contribution in [0.3, 0.4) is 0 Å². The minimum absolute atomic E-state index is 0.841. The van der Waals surface area contributed by atoms with Gasteiger partial charge in [0.1, 0.15) is 0 Å². The Morgan fingerprint density at radius 2 is 1.69 bits per heavy atom. The van der Waals surface area contributed by atoms with E-state index in [1.165, 1.54) is 12.8 Å². The van der Waals surface area contributed by atoms with Gasteiger partial charge >= 0.3 is 0 Å². The lowest BCUT2D eigenvalue weighted by Crippen LogP contribution is -2.27. The lowest BCUT2D eigenvalue weighted by Gasteiger charge is -2.04. The number of unbranched alkanes of at least 4 members (excludes halogenated alkanes) is 1. The highest BCUT2D eigenvalue weighted by Crippen LogP contribution is 1.87. The first-order valence-electron chi connectivity index (χ1n) is 5.41. The van der Waals surface area contributed by atoms with Crippen LogP contribution in [0.2, 0.25) is 0 Å². The molecule has 0 bridgehead atoms. The van der Waals surface area contributed by atoms with Gasteiger partial charge in [0, 0.05) is 26.3 Å². The molecule has 13 heavy (non-hydrogen) atoms. The third kappa shape index (κ3) is 11.9. The van der Waals surface area contributed by atoms with Crippen LogP contribution in [0.4, 0.5) is 0 Å². The summed E-state index contributed by atoms with van der Waals surface area (Å²) in [6, 6.07) is 0. The summed E-state index contributed by atoms with van der Waals surface area (Å²) >= 11 is 0. The molecule has 0 saturated carbocycles. The fourth-order valence-corrected chi connectivity index (χ4v) is 1.08. The van der Waals surface area contributed by atoms with Crippen molar-refractivity contribution in [3.63, 3.8) is 0 Å². The predicted molar refractivity (Wildman–Crippen MR) is 57.1 cm³/mol. The van der Waals surface area contributed by atoms with Crippen LogP contribution in [0.15, 0.2) is 0 Å². The molecule has 80 valence electrons. The number of nitrogens with one attached hydrogen (secondary N) is 2. The maximum Gasteiger partial charge on any atom is 0.0466 e. The number of ether oxygens (including phenoxy) is 1. The number of likely N-dealkylation sites (N-methyl/N-ethyl adjacent to an activating group) is 1. The molecule has 0 saturated heterocycles. The fraction of sp³-hybridized carbons (Fsp3) is 1.00. The molecule has 0 amide bonds. The molecule has 2 N–H and O–H groups in total. The summed E-state index contributed by atoms with van der Waals surface area (Å²) in [5.41, 5.74) is 0. The van der Waals surface area contributed by atoms with Gasteiger partial charge < -0.3 is 15.4 Å². The third-order valence-electron chi connectivity index (χ3n) is 1.82. The van der Waals surface area contributed by atoms with E-state index in [4.69, 9.17) is 4.74 Å². The molecule has 0 spiro atoms. The highest BCUT2D eigenvalue weighted by Gasteiger charge is 1.88. The van der Waals surface area contributed by atoms with Crippen LogP contribution in [-0.2, 0) is 4.74 Å². The van der Waals surface area contributed by atoms with E-state index in [2.05, 4.69) is 17.6 Å². The fourth-order valence-electron chi connectivity index (χ4n) is 1.08. The van der Waals surface area contributed by atoms with E-state index in [9.17, 15) is 0 Å². The second kappa shape index (κ2) is 11.9. The van der Waals surface area contributed by atoms with Crippen molar-refractivity contribution >= 4 is 0 Å². The van der Waals surface area contributed by atoms with E-state index in [-0.39, 0.29) is 0 Å². The smallest absolute Gasteiger partial charge is 0.0466 e. The first-order valence-corrected chi connectivity index (χ1v) is 5.41. The van der Waals surface area contributed by atoms with Crippen LogP contribution in [-0.4, -0.2) is 39.4 Å². The molecule has 3 nitrogen and oxygen atoms in total. The molecule has 0 radical (unpaired) electrons. The Balaban J connectivity index is 2.76. The maximum atomic E-state index is 5.24. The van der Waals surface area contributed by atoms with E-state index < -0.39 is 0 Å². The normalized spacial score (nSPS) is 10.6. The summed E-state index contributed by atoms with van der Waals surface area (Å²) in [6.45, 7) is 10.2. The molecule has 0 aromatic rings. The van der Waals surface area contributed by atoms with E-state index in [1.54, 1.807) is 0 Å². The van der Waals surface area contributed by atoms with Crippen molar-refractivity contribution in [2.75, 3.05) is 39.4 Å². The van der Waals surface area contributed by atoms with Gasteiger partial charge in [-0.3, -0.25) is 0 Å². The highest BCUT2D eigenvalue weighted by molar-refractivity contribution is 4.50. The van der Waals surface area contributed by atoms with Crippen molar-refractivity contribution in [3.8, 4) is 0 Å². The summed E-state index contributed by atoms with van der Waals surface area (Å²) < 4.78 is 5.24. The molecule has 0 fully saturated rings. The molecule has 0 aromatic carbocycles. The van der Waals surface area contributed by atoms with Crippen molar-refractivity contribution in [3.05, 3.63) is 0 Å². The van der Waals surface area contributed by atoms with E-state index in [0.29, 0.717) is 0 Å². The zero-order valence-electron chi connectivity index (χ0n) is 9.07. The predicted octanol–water partition coefficient (Wildman–Crippen LogP) is 1.00. The van der Waals surface area contributed by atoms with Crippen molar-refractivity contribution in [1.29, 1.82) is 0 Å². The molecule has 0 atom stereocenters. The summed E-state index contributed by atoms with van der Waals surface area (Å²) in [4.78, 5) is 0. The van der Waals surface area contributed by atoms with Crippen molar-refractivity contribution < 1.29 is 4.74 Å². The Hall–Kier alpha value is -0.120. The largest absolute Gasteiger partial charge is 0.382 e. The molecular weight excluding hydrogens is 164 g/mol. The van der Waals surface area contributed by atoms with Gasteiger partial charge in [0.15, 0.2) is 0 Å². The van der Waals surface area contributed by atoms with Crippen LogP contribution in [0.1, 0.15) is 26.7 Å². The van der Waals surface area contributed by atoms with Gasteiger partial charge in [-0.15, -0.1) is 0 Å². The van der Waals surface area contributed by atoms with Crippen molar-refractivity contribution in [1.82, 2.24) is 10.6 Å². The van der Waals surface area contributed by atoms with E-state index >= 15 is 0 Å². The lowest BCUT2D eigenvalue weighted by molar-refractivity contribution is 0.143. The second-order valence-electron chi connectivity index (χ2n) is 3.01. The monoisotopic (exact) mass is 188 g/mol. The zero-order valence-corrected chi connectivity index (χ0v) is 9.07. The third-order valence-corrected chi connectivity index (χ3v) is 1.82. The standard InChI is InChI=1S/C10H24N2O/c1-3-11-8-9-12-7-5-6-10-13-4-2/h11-12H,3-10H2,1-2H3. The Labute approximate surface area is 82.2 Å². The average Bonchev–Trinajstić information content (AvgIpc) is 2.16. The van der Waals surface area contributed by atoms with Crippen LogP contribution < -0.4 is 10.6 Å². The van der Waals surface area contributed by atoms with Gasteiger partial charge in [0.2, 0.25) is 0 Å². The second-order valence-corrected chi connectivity index (χ2v) is 3.01. The van der Waals surface area contributed by atoms with Gasteiger partial charge in [-0.05, 0) is 32.9 Å². The SMILES string of the molecule is CCNCCNCCCCOCC. The molecule has 0 aromatic heterocycles. The van der Waals surface area contributed by atoms with Crippen molar-refractivity contribution in [2.45, 2.75) is 26.7 Å². The highest BCUT2D eigenvalue weighted by atomic mass is 16.5. The summed E-state index contributed by atoms with van der Waals surface area (Å²) in [5, 5.41) is 6.65. The number of rotatable bonds is 10. The average molecular weight is 188 g/mol. The number of hydrogen-bond donors (Lipinski definition) is 2. The molecule has 0 aliphatic heterocycles. The van der Waals surface area contributed by atoms with Gasteiger partial charge in [0.05, 0.1) is 0 Å². The first kappa shape index (κ1) is 12.9. The van der Waals surface area contributed by atoms with Gasteiger partial charge in [-0.25, -0.2) is 0 Å². The molecule has 0 aliphatic carbocycles. The lowest BCUT2D eigenvalue weighted by atomic mass is 10.3. The van der Waals surface area contributed by atoms with Crippen LogP contribution in [0.5, 0.6) is 0 Å². The summed E-state index contributed by atoms with van der Waals surface area (Å²) in [7, 11) is 0. The Kier molecular flexibility index (Phi) is 11.8. The molecular formula is C10H24N2O. The van der Waals surface area contributed by atoms with Gasteiger partial charge in [0.25, 0.3) is 0 Å². The minimum atomic E-state index is 0.841. The van der Waals surface area contributed by atoms with Crippen molar-refractivity contribution in [2.24, 2.45) is 0 Å². The Bertz CT molecular complexity index is 79.0. The topological polar surface area (TPSA) is 33.3 Å². The van der Waals surface area contributed by atoms with Crippen LogP contribution in [0.25, 0.3) is 0 Å². The Morgan fingerprint density at radius 3 is 2.38 bits per heavy atom. The van der Waals surface area contributed by atoms with Crippen LogP contribution in [0, 0.1) is 0 Å². The molecule has 0 unspecified atom stereocenters. The van der Waals surface area contributed by atoms with Crippen LogP contribution >= 0.6 is 0 Å². The summed E-state index contributed by atoms with van der Waals surface area (Å²) in [6.07, 6.45) is 2.38. The molecule has 0 rings (SSSR count). The van der Waals surface area contributed by atoms with Gasteiger partial charge in [-0.2, -0.15) is 0 Å². The number of hydrogen-bond acceptors (Lipinski definition) is 3. The molecule has 0 aliphatic rings. The molecule has 3 heteroatoms. The maximum absolute atomic E-state index is 5.24. The Morgan fingerprint density at radius 1 is 0.923 bits per heavy atom. The quantitative estimate of drug-likeness (QED) is 0.502. The van der Waals surface area contributed by atoms with E-state index in [0.717, 1.165) is 39.4 Å². The minimum Gasteiger partial charge on any atom is -0.382 e. The summed E-state index contributed by atoms with van der Waals surface area (Å²) in [5.74, 6) is 0. The first-order chi connectivity index (χ1) is 6.41. The molecule has 0 heterocycles. The zero-order chi connectivity index (χ0) is 9.78.